The third-order valence-corrected chi connectivity index (χ3v) is 12.9. The molecule has 10 rings (SSSR count). The molecule has 1 heterocycles. The highest BCUT2D eigenvalue weighted by Gasteiger charge is 2.30. The summed E-state index contributed by atoms with van der Waals surface area (Å²) in [6.07, 6.45) is 0. The van der Waals surface area contributed by atoms with Crippen LogP contribution in [0.4, 0.5) is 0 Å². The second-order valence-electron chi connectivity index (χ2n) is 12.4. The van der Waals surface area contributed by atoms with Gasteiger partial charge in [0.2, 0.25) is 0 Å². The lowest BCUT2D eigenvalue weighted by atomic mass is 9.93. The van der Waals surface area contributed by atoms with E-state index in [-0.39, 0.29) is 0 Å². The first-order valence-electron chi connectivity index (χ1n) is 15.9. The minimum Gasteiger partial charge on any atom is -0.456 e. The van der Waals surface area contributed by atoms with E-state index in [1.807, 2.05) is 72.8 Å². The van der Waals surface area contributed by atoms with Gasteiger partial charge in [-0.15, -0.1) is 0 Å². The van der Waals surface area contributed by atoms with Gasteiger partial charge in [-0.2, -0.15) is 0 Å². The van der Waals surface area contributed by atoms with Gasteiger partial charge in [-0.25, -0.2) is 0 Å². The number of fused-ring (bicyclic) bond motifs is 7. The van der Waals surface area contributed by atoms with Crippen molar-refractivity contribution in [1.82, 2.24) is 0 Å². The zero-order valence-electron chi connectivity index (χ0n) is 25.4. The highest BCUT2D eigenvalue weighted by molar-refractivity contribution is 7.85. The summed E-state index contributed by atoms with van der Waals surface area (Å²) in [7, 11) is -3.13. The molecule has 0 aliphatic heterocycles. The molecule has 0 radical (unpaired) electrons. The lowest BCUT2D eigenvalue weighted by Crippen LogP contribution is -2.24. The van der Waals surface area contributed by atoms with Crippen LogP contribution in [0, 0.1) is 0 Å². The zero-order chi connectivity index (χ0) is 31.1. The van der Waals surface area contributed by atoms with Gasteiger partial charge in [0.25, 0.3) is 0 Å². The lowest BCUT2D eigenvalue weighted by Gasteiger charge is -2.20. The van der Waals surface area contributed by atoms with E-state index in [9.17, 15) is 0 Å². The molecule has 1 aliphatic rings. The van der Waals surface area contributed by atoms with Crippen molar-refractivity contribution in [3.05, 3.63) is 164 Å². The van der Waals surface area contributed by atoms with Crippen LogP contribution < -0.4 is 15.9 Å². The number of hydrogen-bond donors (Lipinski definition) is 0. The van der Waals surface area contributed by atoms with Crippen molar-refractivity contribution >= 4 is 66.5 Å². The Morgan fingerprint density at radius 1 is 0.383 bits per heavy atom. The molecule has 220 valence electrons. The Labute approximate surface area is 271 Å². The Morgan fingerprint density at radius 3 is 1.64 bits per heavy atom. The van der Waals surface area contributed by atoms with Crippen molar-refractivity contribution < 1.29 is 8.98 Å². The highest BCUT2D eigenvalue weighted by Crippen LogP contribution is 2.51. The van der Waals surface area contributed by atoms with Crippen molar-refractivity contribution in [3.8, 4) is 33.4 Å². The van der Waals surface area contributed by atoms with Crippen LogP contribution in [-0.2, 0) is 4.57 Å². The number of rotatable bonds is 4. The molecule has 9 aromatic rings. The fourth-order valence-electron chi connectivity index (χ4n) is 7.65. The summed E-state index contributed by atoms with van der Waals surface area (Å²) in [5.41, 5.74) is 9.10. The van der Waals surface area contributed by atoms with E-state index in [4.69, 9.17) is 4.42 Å². The van der Waals surface area contributed by atoms with Crippen molar-refractivity contribution in [1.29, 1.82) is 0 Å². The van der Waals surface area contributed by atoms with E-state index in [1.54, 1.807) is 0 Å². The third-order valence-electron chi connectivity index (χ3n) is 9.87. The van der Waals surface area contributed by atoms with Gasteiger partial charge < -0.3 is 8.98 Å². The fourth-order valence-corrected chi connectivity index (χ4v) is 10.3. The average Bonchev–Trinajstić information content (AvgIpc) is 3.66. The third kappa shape index (κ3) is 3.83. The molecule has 0 saturated heterocycles. The fraction of sp³-hybridized carbons (Fsp3) is 0. The normalized spacial score (nSPS) is 12.3. The van der Waals surface area contributed by atoms with E-state index in [1.165, 1.54) is 49.4 Å². The SMILES string of the molecule is O=P(c1ccccc1)(c1ccccc1)c1ccc2oc3ccc(-c4ccc5c6c(cccc46)-c4cc6ccccc6cc4-5)cc3c2c1. The molecule has 2 nitrogen and oxygen atoms in total. The molecule has 0 unspecified atom stereocenters. The molecular weight excluding hydrogens is 591 g/mol. The molecule has 0 bridgehead atoms. The average molecular weight is 619 g/mol. The van der Waals surface area contributed by atoms with E-state index in [0.29, 0.717) is 0 Å². The maximum atomic E-state index is 15.2. The molecule has 8 aromatic carbocycles. The van der Waals surface area contributed by atoms with Crippen LogP contribution in [0.15, 0.2) is 168 Å². The Bertz CT molecular complexity index is 2670. The predicted molar refractivity (Wildman–Crippen MR) is 198 cm³/mol. The van der Waals surface area contributed by atoms with Gasteiger partial charge in [-0.05, 0) is 97.4 Å². The summed E-state index contributed by atoms with van der Waals surface area (Å²) in [4.78, 5) is 0. The second kappa shape index (κ2) is 9.90. The van der Waals surface area contributed by atoms with E-state index >= 15 is 4.57 Å². The molecule has 1 aromatic heterocycles. The monoisotopic (exact) mass is 618 g/mol. The first-order chi connectivity index (χ1) is 23.2. The first kappa shape index (κ1) is 26.5. The summed E-state index contributed by atoms with van der Waals surface area (Å²) in [5, 5.41) is 9.50. The summed E-state index contributed by atoms with van der Waals surface area (Å²) < 4.78 is 21.5. The van der Waals surface area contributed by atoms with Crippen LogP contribution >= 0.6 is 7.14 Å². The molecule has 0 atom stereocenters. The summed E-state index contributed by atoms with van der Waals surface area (Å²) in [6, 6.07) is 56.7. The molecule has 0 N–H and O–H groups in total. The number of benzene rings is 8. The van der Waals surface area contributed by atoms with Crippen molar-refractivity contribution in [3.63, 3.8) is 0 Å². The summed E-state index contributed by atoms with van der Waals surface area (Å²) >= 11 is 0. The predicted octanol–water partition coefficient (Wildman–Crippen LogP) is 10.8. The second-order valence-corrected chi connectivity index (χ2v) is 15.2. The summed E-state index contributed by atoms with van der Waals surface area (Å²) in [5.74, 6) is 0. The maximum absolute atomic E-state index is 15.2. The quantitative estimate of drug-likeness (QED) is 0.184. The Balaban J connectivity index is 1.16. The number of furan rings is 1. The largest absolute Gasteiger partial charge is 0.456 e. The Kier molecular flexibility index (Phi) is 5.59. The van der Waals surface area contributed by atoms with Crippen LogP contribution in [0.1, 0.15) is 0 Å². The van der Waals surface area contributed by atoms with Gasteiger partial charge in [0.1, 0.15) is 11.2 Å². The van der Waals surface area contributed by atoms with Gasteiger partial charge in [-0.3, -0.25) is 0 Å². The van der Waals surface area contributed by atoms with Crippen LogP contribution in [0.5, 0.6) is 0 Å². The molecule has 0 amide bonds. The van der Waals surface area contributed by atoms with Gasteiger partial charge >= 0.3 is 0 Å². The first-order valence-corrected chi connectivity index (χ1v) is 17.7. The molecule has 47 heavy (non-hydrogen) atoms. The zero-order valence-corrected chi connectivity index (χ0v) is 26.2. The van der Waals surface area contributed by atoms with Crippen LogP contribution in [0.3, 0.4) is 0 Å². The van der Waals surface area contributed by atoms with Crippen molar-refractivity contribution in [2.75, 3.05) is 0 Å². The standard InChI is InChI=1S/C44H27O2P/c45-47(31-12-3-1-4-13-31,32-14-5-2-6-15-32)33-19-23-43-41(27-33)40-26-30(18-22-42(40)46-43)34-20-21-37-39-25-29-11-8-7-10-28(29)24-38(39)36-17-9-16-35(34)44(36)37/h1-27H. The molecule has 1 aliphatic carbocycles. The van der Waals surface area contributed by atoms with Crippen LogP contribution in [-0.4, -0.2) is 0 Å². The molecular formula is C44H27O2P. The van der Waals surface area contributed by atoms with Gasteiger partial charge in [-0.1, -0.05) is 121 Å². The minimum absolute atomic E-state index is 0.788. The topological polar surface area (TPSA) is 30.2 Å². The minimum atomic E-state index is -3.13. The van der Waals surface area contributed by atoms with Crippen LogP contribution in [0.2, 0.25) is 0 Å². The van der Waals surface area contributed by atoms with E-state index in [0.717, 1.165) is 43.4 Å². The van der Waals surface area contributed by atoms with Gasteiger partial charge in [0.15, 0.2) is 7.14 Å². The van der Waals surface area contributed by atoms with E-state index in [2.05, 4.69) is 91.0 Å². The van der Waals surface area contributed by atoms with Gasteiger partial charge in [0.05, 0.1) is 0 Å². The molecule has 3 heteroatoms. The molecule has 0 spiro atoms. The lowest BCUT2D eigenvalue weighted by molar-refractivity contribution is 0.592. The molecule has 0 fully saturated rings. The summed E-state index contributed by atoms with van der Waals surface area (Å²) in [6.45, 7) is 0. The highest BCUT2D eigenvalue weighted by atomic mass is 31.2. The smallest absolute Gasteiger partial charge is 0.171 e. The van der Waals surface area contributed by atoms with Crippen LogP contribution in [0.25, 0.3) is 76.9 Å². The van der Waals surface area contributed by atoms with Crippen molar-refractivity contribution in [2.45, 2.75) is 0 Å². The Hall–Kier alpha value is -5.69. The molecule has 0 saturated carbocycles. The number of hydrogen-bond acceptors (Lipinski definition) is 2. The van der Waals surface area contributed by atoms with E-state index < -0.39 is 7.14 Å². The maximum Gasteiger partial charge on any atom is 0.171 e. The Morgan fingerprint density at radius 2 is 0.957 bits per heavy atom. The van der Waals surface area contributed by atoms with Crippen molar-refractivity contribution in [2.24, 2.45) is 0 Å². The van der Waals surface area contributed by atoms with Gasteiger partial charge in [0, 0.05) is 26.7 Å².